The van der Waals surface area contributed by atoms with E-state index in [0.717, 1.165) is 5.69 Å². The normalized spacial score (nSPS) is 12.9. The van der Waals surface area contributed by atoms with Crippen molar-refractivity contribution in [2.75, 3.05) is 11.4 Å². The lowest BCUT2D eigenvalue weighted by molar-refractivity contribution is -0.121. The number of hydrogen-bond donors (Lipinski definition) is 1. The summed E-state index contributed by atoms with van der Waals surface area (Å²) in [6.45, 7) is 5.79. The van der Waals surface area contributed by atoms with Crippen molar-refractivity contribution < 1.29 is 10.0 Å². The number of pyridine rings is 1. The van der Waals surface area contributed by atoms with E-state index in [0.29, 0.717) is 24.4 Å². The molecule has 1 amide bonds. The van der Waals surface area contributed by atoms with Crippen LogP contribution in [0.25, 0.3) is 5.69 Å². The summed E-state index contributed by atoms with van der Waals surface area (Å²) in [5.41, 5.74) is 1.80. The fourth-order valence-corrected chi connectivity index (χ4v) is 2.66. The summed E-state index contributed by atoms with van der Waals surface area (Å²) in [7, 11) is 0. The molecule has 2 heterocycles. The molecule has 2 aromatic heterocycles. The molecule has 0 aliphatic rings. The fraction of sp³-hybridized carbons (Fsp3) is 0.375. The molecule has 0 fully saturated rings. The van der Waals surface area contributed by atoms with Crippen LogP contribution in [0.2, 0.25) is 5.15 Å². The first-order chi connectivity index (χ1) is 11.5. The van der Waals surface area contributed by atoms with Gasteiger partial charge in [-0.1, -0.05) is 23.7 Å². The summed E-state index contributed by atoms with van der Waals surface area (Å²) < 4.78 is 1.59. The fourth-order valence-electron chi connectivity index (χ4n) is 2.43. The Bertz CT molecular complexity index is 729. The van der Waals surface area contributed by atoms with Gasteiger partial charge in [-0.25, -0.2) is 4.68 Å². The van der Waals surface area contributed by atoms with E-state index in [1.807, 2.05) is 13.0 Å². The quantitative estimate of drug-likeness (QED) is 0.493. The van der Waals surface area contributed by atoms with Gasteiger partial charge in [-0.05, 0) is 26.0 Å². The van der Waals surface area contributed by atoms with Gasteiger partial charge in [0, 0.05) is 25.1 Å². The summed E-state index contributed by atoms with van der Waals surface area (Å²) in [4.78, 5) is 18.3. The van der Waals surface area contributed by atoms with Crippen molar-refractivity contribution in [3.8, 4) is 5.69 Å². The number of carbonyl (C=O) groups is 1. The first-order valence-corrected chi connectivity index (χ1v) is 8.00. The van der Waals surface area contributed by atoms with Crippen LogP contribution in [0, 0.1) is 5.92 Å². The second-order valence-electron chi connectivity index (χ2n) is 5.48. The molecule has 1 unspecified atom stereocenters. The van der Waals surface area contributed by atoms with E-state index >= 15 is 0 Å². The van der Waals surface area contributed by atoms with Crippen LogP contribution in [0.15, 0.2) is 35.9 Å². The molecular weight excluding hydrogens is 330 g/mol. The highest BCUT2D eigenvalue weighted by atomic mass is 35.5. The molecule has 2 rings (SSSR count). The summed E-state index contributed by atoms with van der Waals surface area (Å²) in [6.07, 6.45) is 5.42. The van der Waals surface area contributed by atoms with E-state index in [4.69, 9.17) is 16.8 Å². The lowest BCUT2D eigenvalue weighted by atomic mass is 10.0. The van der Waals surface area contributed by atoms with E-state index in [9.17, 15) is 4.79 Å². The minimum Gasteiger partial charge on any atom is -0.411 e. The largest absolute Gasteiger partial charge is 0.411 e. The van der Waals surface area contributed by atoms with Crippen molar-refractivity contribution in [2.45, 2.75) is 27.2 Å². The summed E-state index contributed by atoms with van der Waals surface area (Å²) >= 11 is 6.24. The number of rotatable bonds is 6. The maximum Gasteiger partial charge on any atom is 0.230 e. The van der Waals surface area contributed by atoms with Gasteiger partial charge in [0.15, 0.2) is 5.15 Å². The van der Waals surface area contributed by atoms with Crippen molar-refractivity contribution in [2.24, 2.45) is 11.1 Å². The maximum absolute atomic E-state index is 12.7. The molecule has 0 spiro atoms. The van der Waals surface area contributed by atoms with Gasteiger partial charge in [-0.2, -0.15) is 5.10 Å². The third-order valence-electron chi connectivity index (χ3n) is 3.63. The van der Waals surface area contributed by atoms with Gasteiger partial charge >= 0.3 is 0 Å². The zero-order valence-corrected chi connectivity index (χ0v) is 14.6. The number of anilines is 1. The first-order valence-electron chi connectivity index (χ1n) is 7.62. The lowest BCUT2D eigenvalue weighted by Crippen LogP contribution is -2.35. The zero-order chi connectivity index (χ0) is 17.7. The molecule has 0 saturated heterocycles. The average Bonchev–Trinajstić information content (AvgIpc) is 2.97. The second kappa shape index (κ2) is 7.92. The lowest BCUT2D eigenvalue weighted by Gasteiger charge is -2.23. The standard InChI is InChI=1S/C16H20ClN5O2/c1-4-21(16(23)11(2)8-12(3)20-24)14-10-22(19-15(14)17)13-6-5-7-18-9-13/h5-7,9-11,24H,4,8H2,1-3H3/b20-12-. The Morgan fingerprint density at radius 3 is 2.88 bits per heavy atom. The molecule has 2 aromatic rings. The van der Waals surface area contributed by atoms with E-state index < -0.39 is 0 Å². The Balaban J connectivity index is 2.28. The van der Waals surface area contributed by atoms with Crippen LogP contribution in [0.5, 0.6) is 0 Å². The van der Waals surface area contributed by atoms with Crippen LogP contribution in [0.3, 0.4) is 0 Å². The molecule has 1 N–H and O–H groups in total. The van der Waals surface area contributed by atoms with Crippen LogP contribution in [-0.4, -0.2) is 38.1 Å². The van der Waals surface area contributed by atoms with Gasteiger partial charge in [0.25, 0.3) is 0 Å². The van der Waals surface area contributed by atoms with E-state index in [2.05, 4.69) is 15.2 Å². The van der Waals surface area contributed by atoms with Gasteiger partial charge in [0.05, 0.1) is 23.8 Å². The summed E-state index contributed by atoms with van der Waals surface area (Å²) in [5, 5.41) is 16.4. The van der Waals surface area contributed by atoms with Crippen LogP contribution in [-0.2, 0) is 4.79 Å². The van der Waals surface area contributed by atoms with E-state index in [1.165, 1.54) is 0 Å². The van der Waals surface area contributed by atoms with Gasteiger partial charge in [0.2, 0.25) is 5.91 Å². The Labute approximate surface area is 145 Å². The van der Waals surface area contributed by atoms with Crippen molar-refractivity contribution in [1.29, 1.82) is 0 Å². The van der Waals surface area contributed by atoms with Gasteiger partial charge in [-0.3, -0.25) is 9.78 Å². The molecule has 0 saturated carbocycles. The third-order valence-corrected chi connectivity index (χ3v) is 3.90. The molecule has 0 aromatic carbocycles. The molecule has 7 nitrogen and oxygen atoms in total. The van der Waals surface area contributed by atoms with Crippen LogP contribution in [0.4, 0.5) is 5.69 Å². The van der Waals surface area contributed by atoms with Gasteiger partial charge in [-0.15, -0.1) is 0 Å². The molecule has 0 radical (unpaired) electrons. The predicted octanol–water partition coefficient (Wildman–Crippen LogP) is 3.15. The predicted molar refractivity (Wildman–Crippen MR) is 93.1 cm³/mol. The number of aromatic nitrogens is 3. The molecule has 128 valence electrons. The monoisotopic (exact) mass is 349 g/mol. The van der Waals surface area contributed by atoms with Crippen LogP contribution in [0.1, 0.15) is 27.2 Å². The van der Waals surface area contributed by atoms with Gasteiger partial charge in [0.1, 0.15) is 5.69 Å². The third kappa shape index (κ3) is 3.91. The average molecular weight is 350 g/mol. The number of nitrogens with zero attached hydrogens (tertiary/aromatic N) is 5. The number of hydrogen-bond acceptors (Lipinski definition) is 5. The van der Waals surface area contributed by atoms with E-state index in [1.54, 1.807) is 48.1 Å². The zero-order valence-electron chi connectivity index (χ0n) is 13.8. The summed E-state index contributed by atoms with van der Waals surface area (Å²) in [5.74, 6) is -0.438. The Hall–Kier alpha value is -2.41. The highest BCUT2D eigenvalue weighted by Gasteiger charge is 2.25. The summed E-state index contributed by atoms with van der Waals surface area (Å²) in [6, 6.07) is 3.65. The topological polar surface area (TPSA) is 83.6 Å². The van der Waals surface area contributed by atoms with Crippen molar-refractivity contribution in [1.82, 2.24) is 14.8 Å². The smallest absolute Gasteiger partial charge is 0.230 e. The molecule has 24 heavy (non-hydrogen) atoms. The molecule has 0 bridgehead atoms. The van der Waals surface area contributed by atoms with Gasteiger partial charge < -0.3 is 10.1 Å². The minimum absolute atomic E-state index is 0.104. The van der Waals surface area contributed by atoms with Crippen molar-refractivity contribution >= 4 is 28.9 Å². The molecular formula is C16H20ClN5O2. The second-order valence-corrected chi connectivity index (χ2v) is 5.84. The van der Waals surface area contributed by atoms with Crippen molar-refractivity contribution in [3.05, 3.63) is 35.9 Å². The van der Waals surface area contributed by atoms with E-state index in [-0.39, 0.29) is 17.0 Å². The highest BCUT2D eigenvalue weighted by molar-refractivity contribution is 6.32. The molecule has 1 atom stereocenters. The number of carbonyl (C=O) groups excluding carboxylic acids is 1. The Morgan fingerprint density at radius 2 is 2.29 bits per heavy atom. The highest BCUT2D eigenvalue weighted by Crippen LogP contribution is 2.27. The Morgan fingerprint density at radius 1 is 1.54 bits per heavy atom. The number of amides is 1. The van der Waals surface area contributed by atoms with Crippen LogP contribution < -0.4 is 4.90 Å². The van der Waals surface area contributed by atoms with Crippen LogP contribution >= 0.6 is 11.6 Å². The molecule has 0 aliphatic carbocycles. The van der Waals surface area contributed by atoms with Crippen molar-refractivity contribution in [3.63, 3.8) is 0 Å². The maximum atomic E-state index is 12.7. The number of halogens is 1. The number of oxime groups is 1. The molecule has 8 heteroatoms. The SMILES string of the molecule is CCN(C(=O)C(C)C/C(C)=N\O)c1cn(-c2cccnc2)nc1Cl. The Kier molecular flexibility index (Phi) is 5.92. The molecule has 0 aliphatic heterocycles. The minimum atomic E-state index is -0.335. The first kappa shape index (κ1) is 17.9.